The Hall–Kier alpha value is -2.40. The van der Waals surface area contributed by atoms with Crippen molar-refractivity contribution in [3.8, 4) is 0 Å². The maximum absolute atomic E-state index is 12.3. The predicted octanol–water partition coefficient (Wildman–Crippen LogP) is 2.74. The van der Waals surface area contributed by atoms with Crippen LogP contribution < -0.4 is 5.32 Å². The molecule has 5 nitrogen and oxygen atoms in total. The van der Waals surface area contributed by atoms with Crippen LogP contribution in [0, 0.1) is 6.92 Å². The van der Waals surface area contributed by atoms with Crippen molar-refractivity contribution in [3.63, 3.8) is 0 Å². The van der Waals surface area contributed by atoms with Gasteiger partial charge in [-0.25, -0.2) is 4.79 Å². The van der Waals surface area contributed by atoms with Crippen LogP contribution in [0.4, 0.5) is 10.5 Å². The van der Waals surface area contributed by atoms with E-state index in [0.29, 0.717) is 0 Å². The van der Waals surface area contributed by atoms with E-state index in [4.69, 9.17) is 0 Å². The van der Waals surface area contributed by atoms with Crippen LogP contribution in [0.1, 0.15) is 11.1 Å². The molecule has 2 heterocycles. The SMILES string of the molecule is Cc1ccc(NC(=O)N2CCN(Cc3ccncc3)CC2)cc1. The molecule has 2 aromatic rings. The van der Waals surface area contributed by atoms with Crippen LogP contribution in [0.3, 0.4) is 0 Å². The highest BCUT2D eigenvalue weighted by atomic mass is 16.2. The molecule has 1 fully saturated rings. The molecule has 0 saturated carbocycles. The van der Waals surface area contributed by atoms with Crippen molar-refractivity contribution in [2.45, 2.75) is 13.5 Å². The molecule has 0 unspecified atom stereocenters. The van der Waals surface area contributed by atoms with Crippen molar-refractivity contribution >= 4 is 11.7 Å². The lowest BCUT2D eigenvalue weighted by molar-refractivity contribution is 0.143. The molecule has 1 aromatic heterocycles. The molecule has 1 N–H and O–H groups in total. The van der Waals surface area contributed by atoms with Gasteiger partial charge in [0, 0.05) is 50.8 Å². The zero-order chi connectivity index (χ0) is 16.1. The number of hydrogen-bond donors (Lipinski definition) is 1. The number of nitrogens with one attached hydrogen (secondary N) is 1. The quantitative estimate of drug-likeness (QED) is 0.948. The summed E-state index contributed by atoms with van der Waals surface area (Å²) in [6, 6.07) is 11.9. The van der Waals surface area contributed by atoms with Gasteiger partial charge in [-0.2, -0.15) is 0 Å². The molecule has 1 saturated heterocycles. The number of carbonyl (C=O) groups is 1. The van der Waals surface area contributed by atoms with Gasteiger partial charge >= 0.3 is 6.03 Å². The Kier molecular flexibility index (Phi) is 4.88. The average molecular weight is 310 g/mol. The lowest BCUT2D eigenvalue weighted by Gasteiger charge is -2.34. The van der Waals surface area contributed by atoms with Crippen molar-refractivity contribution in [1.29, 1.82) is 0 Å². The van der Waals surface area contributed by atoms with Crippen LogP contribution in [-0.4, -0.2) is 47.0 Å². The molecular weight excluding hydrogens is 288 g/mol. The smallest absolute Gasteiger partial charge is 0.321 e. The Morgan fingerprint density at radius 3 is 2.35 bits per heavy atom. The molecule has 0 radical (unpaired) electrons. The van der Waals surface area contributed by atoms with Gasteiger partial charge in [-0.05, 0) is 36.8 Å². The van der Waals surface area contributed by atoms with Gasteiger partial charge in [-0.1, -0.05) is 17.7 Å². The van der Waals surface area contributed by atoms with Crippen molar-refractivity contribution in [1.82, 2.24) is 14.8 Å². The minimum Gasteiger partial charge on any atom is -0.322 e. The zero-order valence-electron chi connectivity index (χ0n) is 13.4. The van der Waals surface area contributed by atoms with E-state index < -0.39 is 0 Å². The fraction of sp³-hybridized carbons (Fsp3) is 0.333. The summed E-state index contributed by atoms with van der Waals surface area (Å²) in [6.07, 6.45) is 3.64. The molecule has 0 bridgehead atoms. The number of aromatic nitrogens is 1. The monoisotopic (exact) mass is 310 g/mol. The summed E-state index contributed by atoms with van der Waals surface area (Å²) in [7, 11) is 0. The lowest BCUT2D eigenvalue weighted by atomic mass is 10.2. The van der Waals surface area contributed by atoms with E-state index in [1.54, 1.807) is 0 Å². The van der Waals surface area contributed by atoms with Crippen LogP contribution in [0.2, 0.25) is 0 Å². The number of piperazine rings is 1. The zero-order valence-corrected chi connectivity index (χ0v) is 13.4. The number of hydrogen-bond acceptors (Lipinski definition) is 3. The van der Waals surface area contributed by atoms with Gasteiger partial charge in [0.2, 0.25) is 0 Å². The third kappa shape index (κ3) is 4.29. The second-order valence-electron chi connectivity index (χ2n) is 5.91. The largest absolute Gasteiger partial charge is 0.322 e. The normalized spacial score (nSPS) is 15.4. The van der Waals surface area contributed by atoms with Crippen molar-refractivity contribution in [2.75, 3.05) is 31.5 Å². The molecule has 5 heteroatoms. The summed E-state index contributed by atoms with van der Waals surface area (Å²) in [5, 5.41) is 2.96. The predicted molar refractivity (Wildman–Crippen MR) is 91.3 cm³/mol. The van der Waals surface area contributed by atoms with Crippen LogP contribution in [-0.2, 0) is 6.54 Å². The Morgan fingerprint density at radius 2 is 1.70 bits per heavy atom. The molecule has 0 spiro atoms. The van der Waals surface area contributed by atoms with E-state index in [1.165, 1.54) is 11.1 Å². The number of aryl methyl sites for hydroxylation is 1. The molecule has 1 aliphatic rings. The highest BCUT2D eigenvalue weighted by molar-refractivity contribution is 5.89. The van der Waals surface area contributed by atoms with Gasteiger partial charge in [0.1, 0.15) is 0 Å². The van der Waals surface area contributed by atoms with Crippen LogP contribution >= 0.6 is 0 Å². The third-order valence-corrected chi connectivity index (χ3v) is 4.12. The second-order valence-corrected chi connectivity index (χ2v) is 5.91. The minimum atomic E-state index is -0.0163. The second kappa shape index (κ2) is 7.24. The van der Waals surface area contributed by atoms with Crippen molar-refractivity contribution in [3.05, 3.63) is 59.9 Å². The highest BCUT2D eigenvalue weighted by Crippen LogP contribution is 2.12. The van der Waals surface area contributed by atoms with Crippen LogP contribution in [0.5, 0.6) is 0 Å². The standard InChI is InChI=1S/C18H22N4O/c1-15-2-4-17(5-3-15)20-18(23)22-12-10-21(11-13-22)14-16-6-8-19-9-7-16/h2-9H,10-14H2,1H3,(H,20,23). The Bertz CT molecular complexity index is 634. The van der Waals surface area contributed by atoms with E-state index in [9.17, 15) is 4.79 Å². The summed E-state index contributed by atoms with van der Waals surface area (Å²) in [4.78, 5) is 20.6. The number of amides is 2. The van der Waals surface area contributed by atoms with Crippen molar-refractivity contribution < 1.29 is 4.79 Å². The van der Waals surface area contributed by atoms with Gasteiger partial charge in [0.25, 0.3) is 0 Å². The third-order valence-electron chi connectivity index (χ3n) is 4.12. The van der Waals surface area contributed by atoms with E-state index in [0.717, 1.165) is 38.4 Å². The molecule has 2 amide bonds. The van der Waals surface area contributed by atoms with Gasteiger partial charge < -0.3 is 10.2 Å². The topological polar surface area (TPSA) is 48.5 Å². The molecule has 3 rings (SSSR count). The van der Waals surface area contributed by atoms with E-state index in [2.05, 4.69) is 15.2 Å². The number of urea groups is 1. The molecule has 23 heavy (non-hydrogen) atoms. The van der Waals surface area contributed by atoms with E-state index in [-0.39, 0.29) is 6.03 Å². The van der Waals surface area contributed by atoms with E-state index in [1.807, 2.05) is 60.6 Å². The summed E-state index contributed by atoms with van der Waals surface area (Å²) in [6.45, 7) is 6.24. The molecular formula is C18H22N4O. The first-order valence-corrected chi connectivity index (χ1v) is 7.94. The first-order chi connectivity index (χ1) is 11.2. The summed E-state index contributed by atoms with van der Waals surface area (Å²) in [5.74, 6) is 0. The Morgan fingerprint density at radius 1 is 1.04 bits per heavy atom. The highest BCUT2D eigenvalue weighted by Gasteiger charge is 2.21. The maximum Gasteiger partial charge on any atom is 0.321 e. The fourth-order valence-corrected chi connectivity index (χ4v) is 2.69. The Balaban J connectivity index is 1.48. The number of rotatable bonds is 3. The number of anilines is 1. The summed E-state index contributed by atoms with van der Waals surface area (Å²) in [5.41, 5.74) is 3.30. The summed E-state index contributed by atoms with van der Waals surface area (Å²) < 4.78 is 0. The first-order valence-electron chi connectivity index (χ1n) is 7.94. The number of nitrogens with zero attached hydrogens (tertiary/aromatic N) is 3. The number of pyridine rings is 1. The van der Waals surface area contributed by atoms with Crippen LogP contribution in [0.25, 0.3) is 0 Å². The molecule has 0 aliphatic carbocycles. The first kappa shape index (κ1) is 15.5. The number of carbonyl (C=O) groups excluding carboxylic acids is 1. The van der Waals surface area contributed by atoms with Crippen molar-refractivity contribution in [2.24, 2.45) is 0 Å². The Labute approximate surface area is 136 Å². The number of benzene rings is 1. The fourth-order valence-electron chi connectivity index (χ4n) is 2.69. The molecule has 120 valence electrons. The van der Waals surface area contributed by atoms with Crippen LogP contribution in [0.15, 0.2) is 48.8 Å². The molecule has 0 atom stereocenters. The lowest BCUT2D eigenvalue weighted by Crippen LogP contribution is -2.49. The molecule has 1 aromatic carbocycles. The van der Waals surface area contributed by atoms with Gasteiger partial charge in [-0.3, -0.25) is 9.88 Å². The summed E-state index contributed by atoms with van der Waals surface area (Å²) >= 11 is 0. The van der Waals surface area contributed by atoms with E-state index >= 15 is 0 Å². The maximum atomic E-state index is 12.3. The van der Waals surface area contributed by atoms with Gasteiger partial charge in [0.15, 0.2) is 0 Å². The molecule has 1 aliphatic heterocycles. The minimum absolute atomic E-state index is 0.0163. The average Bonchev–Trinajstić information content (AvgIpc) is 2.58. The van der Waals surface area contributed by atoms with Gasteiger partial charge in [0.05, 0.1) is 0 Å². The van der Waals surface area contributed by atoms with Gasteiger partial charge in [-0.15, -0.1) is 0 Å².